The van der Waals surface area contributed by atoms with Gasteiger partial charge in [0.05, 0.1) is 23.0 Å². The number of thiophene rings is 1. The Hall–Kier alpha value is -1.67. The number of ether oxygens (including phenoxy) is 1. The number of aliphatic hydroxyl groups is 1. The van der Waals surface area contributed by atoms with E-state index in [1.54, 1.807) is 18.4 Å². The molecule has 1 aromatic carbocycles. The molecule has 1 saturated heterocycles. The smallest absolute Gasteiger partial charge is 0.145 e. The van der Waals surface area contributed by atoms with Crippen molar-refractivity contribution in [2.24, 2.45) is 5.41 Å². The number of rotatable bonds is 10. The predicted molar refractivity (Wildman–Crippen MR) is 131 cm³/mol. The van der Waals surface area contributed by atoms with Crippen molar-refractivity contribution in [1.82, 2.24) is 9.88 Å². The standard InChI is InChI=1S/C25H31FN2O2S2/c1-30-19-6-7-23-21(16-19)20(22(26)17-27-23)4-2-8-25(18-29)9-11-28(12-10-25)13-15-32-24-5-3-14-31-24/h3,5-7,14,16-17,29H,2,4,8-13,15,18H2,1H3. The van der Waals surface area contributed by atoms with Crippen molar-refractivity contribution in [2.75, 3.05) is 39.1 Å². The molecule has 3 heterocycles. The van der Waals surface area contributed by atoms with Gasteiger partial charge in [-0.05, 0) is 85.8 Å². The average molecular weight is 475 g/mol. The molecule has 0 spiro atoms. The van der Waals surface area contributed by atoms with E-state index in [-0.39, 0.29) is 17.8 Å². The van der Waals surface area contributed by atoms with Crippen molar-refractivity contribution in [1.29, 1.82) is 0 Å². The van der Waals surface area contributed by atoms with Crippen molar-refractivity contribution in [3.63, 3.8) is 0 Å². The van der Waals surface area contributed by atoms with Crippen LogP contribution in [0.5, 0.6) is 5.75 Å². The van der Waals surface area contributed by atoms with Gasteiger partial charge in [0.15, 0.2) is 0 Å². The van der Waals surface area contributed by atoms with Gasteiger partial charge in [-0.3, -0.25) is 4.98 Å². The van der Waals surface area contributed by atoms with E-state index >= 15 is 0 Å². The fourth-order valence-electron chi connectivity index (χ4n) is 4.58. The van der Waals surface area contributed by atoms with Crippen LogP contribution >= 0.6 is 23.1 Å². The Morgan fingerprint density at radius 2 is 2.12 bits per heavy atom. The second-order valence-electron chi connectivity index (χ2n) is 8.60. The number of nitrogens with zero attached hydrogens (tertiary/aromatic N) is 2. The first kappa shape index (κ1) is 23.5. The number of pyridine rings is 1. The van der Waals surface area contributed by atoms with Gasteiger partial charge >= 0.3 is 0 Å². The SMILES string of the molecule is COc1ccc2ncc(F)c(CCCC3(CO)CCN(CCSc4cccs4)CC3)c2c1. The second kappa shape index (κ2) is 11.0. The van der Waals surface area contributed by atoms with E-state index < -0.39 is 0 Å². The number of aryl methyl sites for hydroxylation is 1. The Balaban J connectivity index is 1.31. The number of benzene rings is 1. The molecule has 0 radical (unpaired) electrons. The van der Waals surface area contributed by atoms with E-state index in [0.29, 0.717) is 17.7 Å². The van der Waals surface area contributed by atoms with Crippen LogP contribution in [-0.4, -0.2) is 54.1 Å². The monoisotopic (exact) mass is 474 g/mol. The van der Waals surface area contributed by atoms with E-state index in [4.69, 9.17) is 4.74 Å². The van der Waals surface area contributed by atoms with Gasteiger partial charge in [-0.15, -0.1) is 23.1 Å². The zero-order valence-corrected chi connectivity index (χ0v) is 20.2. The third-order valence-electron chi connectivity index (χ3n) is 6.67. The van der Waals surface area contributed by atoms with Crippen LogP contribution in [0.2, 0.25) is 0 Å². The highest BCUT2D eigenvalue weighted by atomic mass is 32.2. The number of piperidine rings is 1. The maximum absolute atomic E-state index is 14.6. The summed E-state index contributed by atoms with van der Waals surface area (Å²) in [6.07, 6.45) is 5.72. The molecule has 1 fully saturated rings. The second-order valence-corrected chi connectivity index (χ2v) is 10.9. The molecule has 1 N–H and O–H groups in total. The summed E-state index contributed by atoms with van der Waals surface area (Å²) in [7, 11) is 1.62. The quantitative estimate of drug-likeness (QED) is 0.386. The van der Waals surface area contributed by atoms with E-state index in [9.17, 15) is 9.50 Å². The summed E-state index contributed by atoms with van der Waals surface area (Å²) in [4.78, 5) is 6.73. The Labute approximate surface area is 197 Å². The number of methoxy groups -OCH3 is 1. The Morgan fingerprint density at radius 1 is 1.28 bits per heavy atom. The molecule has 0 aliphatic carbocycles. The minimum Gasteiger partial charge on any atom is -0.497 e. The molecule has 1 aliphatic rings. The maximum Gasteiger partial charge on any atom is 0.145 e. The predicted octanol–water partition coefficient (Wildman–Crippen LogP) is 5.63. The average Bonchev–Trinajstić information content (AvgIpc) is 3.35. The molecule has 2 aromatic heterocycles. The zero-order valence-electron chi connectivity index (χ0n) is 18.6. The van der Waals surface area contributed by atoms with Crippen LogP contribution in [0.3, 0.4) is 0 Å². The summed E-state index contributed by atoms with van der Waals surface area (Å²) in [5.74, 6) is 1.55. The van der Waals surface area contributed by atoms with E-state index in [0.717, 1.165) is 62.0 Å². The molecule has 0 bridgehead atoms. The molecule has 1 aliphatic heterocycles. The summed E-state index contributed by atoms with van der Waals surface area (Å²) in [5, 5.41) is 13.1. The van der Waals surface area contributed by atoms with Gasteiger partial charge in [0.2, 0.25) is 0 Å². The van der Waals surface area contributed by atoms with Crippen LogP contribution in [0, 0.1) is 11.2 Å². The Bertz CT molecular complexity index is 1000. The van der Waals surface area contributed by atoms with Gasteiger partial charge in [-0.1, -0.05) is 6.07 Å². The number of aromatic nitrogens is 1. The van der Waals surface area contributed by atoms with Gasteiger partial charge in [-0.2, -0.15) is 0 Å². The Morgan fingerprint density at radius 3 is 2.84 bits per heavy atom. The van der Waals surface area contributed by atoms with Gasteiger partial charge < -0.3 is 14.7 Å². The third kappa shape index (κ3) is 5.63. The third-order valence-corrected chi connectivity index (χ3v) is 8.78. The molecule has 7 heteroatoms. The van der Waals surface area contributed by atoms with Gasteiger partial charge in [0.1, 0.15) is 11.6 Å². The number of likely N-dealkylation sites (tertiary alicyclic amines) is 1. The summed E-state index contributed by atoms with van der Waals surface area (Å²) < 4.78 is 21.3. The highest BCUT2D eigenvalue weighted by Crippen LogP contribution is 2.37. The zero-order chi connectivity index (χ0) is 22.4. The highest BCUT2D eigenvalue weighted by Gasteiger charge is 2.33. The molecular weight excluding hydrogens is 443 g/mol. The number of fused-ring (bicyclic) bond motifs is 1. The number of hydrogen-bond acceptors (Lipinski definition) is 6. The number of aliphatic hydroxyl groups excluding tert-OH is 1. The van der Waals surface area contributed by atoms with Crippen LogP contribution in [0.4, 0.5) is 4.39 Å². The number of thioether (sulfide) groups is 1. The van der Waals surface area contributed by atoms with E-state index in [2.05, 4.69) is 27.4 Å². The molecule has 172 valence electrons. The summed E-state index contributed by atoms with van der Waals surface area (Å²) in [6, 6.07) is 9.87. The maximum atomic E-state index is 14.6. The minimum absolute atomic E-state index is 0.0472. The van der Waals surface area contributed by atoms with Crippen molar-refractivity contribution in [2.45, 2.75) is 36.3 Å². The summed E-state index contributed by atoms with van der Waals surface area (Å²) >= 11 is 3.72. The molecule has 32 heavy (non-hydrogen) atoms. The molecule has 4 nitrogen and oxygen atoms in total. The first-order chi connectivity index (χ1) is 15.6. The van der Waals surface area contributed by atoms with Crippen LogP contribution in [-0.2, 0) is 6.42 Å². The van der Waals surface area contributed by atoms with Gasteiger partial charge in [-0.25, -0.2) is 4.39 Å². The fourth-order valence-corrected chi connectivity index (χ4v) is 6.45. The topological polar surface area (TPSA) is 45.6 Å². The molecule has 0 amide bonds. The summed E-state index contributed by atoms with van der Waals surface area (Å²) in [5.41, 5.74) is 1.44. The number of halogens is 1. The van der Waals surface area contributed by atoms with E-state index in [1.165, 1.54) is 10.4 Å². The minimum atomic E-state index is -0.262. The Kier molecular flexibility index (Phi) is 8.05. The molecule has 0 atom stereocenters. The highest BCUT2D eigenvalue weighted by molar-refractivity contribution is 8.01. The number of hydrogen-bond donors (Lipinski definition) is 1. The first-order valence-electron chi connectivity index (χ1n) is 11.2. The molecular formula is C25H31FN2O2S2. The van der Waals surface area contributed by atoms with Gasteiger partial charge in [0.25, 0.3) is 0 Å². The fraction of sp³-hybridized carbons (Fsp3) is 0.480. The van der Waals surface area contributed by atoms with Crippen molar-refractivity contribution >= 4 is 34.0 Å². The molecule has 0 unspecified atom stereocenters. The van der Waals surface area contributed by atoms with Crippen molar-refractivity contribution < 1.29 is 14.2 Å². The van der Waals surface area contributed by atoms with Crippen molar-refractivity contribution in [3.8, 4) is 5.75 Å². The van der Waals surface area contributed by atoms with Crippen LogP contribution in [0.25, 0.3) is 10.9 Å². The van der Waals surface area contributed by atoms with Crippen LogP contribution in [0.15, 0.2) is 46.1 Å². The lowest BCUT2D eigenvalue weighted by Gasteiger charge is -2.41. The molecule has 4 rings (SSSR count). The normalized spacial score (nSPS) is 16.5. The summed E-state index contributed by atoms with van der Waals surface area (Å²) in [6.45, 7) is 3.34. The lowest BCUT2D eigenvalue weighted by Crippen LogP contribution is -2.42. The molecule has 0 saturated carbocycles. The largest absolute Gasteiger partial charge is 0.497 e. The lowest BCUT2D eigenvalue weighted by atomic mass is 9.75. The van der Waals surface area contributed by atoms with Crippen molar-refractivity contribution in [3.05, 3.63) is 53.3 Å². The lowest BCUT2D eigenvalue weighted by molar-refractivity contribution is 0.0378. The molecule has 3 aromatic rings. The first-order valence-corrected chi connectivity index (χ1v) is 13.1. The van der Waals surface area contributed by atoms with Gasteiger partial charge in [0, 0.05) is 24.3 Å². The van der Waals surface area contributed by atoms with Crippen LogP contribution < -0.4 is 4.74 Å². The van der Waals surface area contributed by atoms with Crippen LogP contribution in [0.1, 0.15) is 31.2 Å². The van der Waals surface area contributed by atoms with E-state index in [1.807, 2.05) is 30.0 Å².